The second-order valence-electron chi connectivity index (χ2n) is 4.77. The molecule has 6 nitrogen and oxygen atoms in total. The van der Waals surface area contributed by atoms with Crippen molar-refractivity contribution in [3.63, 3.8) is 0 Å². The molecular formula is C17H12N2O4. The molecule has 0 aliphatic carbocycles. The molecule has 0 radical (unpaired) electrons. The number of aromatic hydroxyl groups is 1. The number of benzene rings is 2. The fourth-order valence-electron chi connectivity index (χ4n) is 2.04. The van der Waals surface area contributed by atoms with Crippen LogP contribution in [0.4, 0.5) is 0 Å². The fourth-order valence-corrected chi connectivity index (χ4v) is 2.04. The van der Waals surface area contributed by atoms with E-state index in [-0.39, 0.29) is 28.0 Å². The summed E-state index contributed by atoms with van der Waals surface area (Å²) in [6.07, 6.45) is 2.45. The number of hydrogen-bond donors (Lipinski definition) is 2. The Morgan fingerprint density at radius 3 is 2.74 bits per heavy atom. The van der Waals surface area contributed by atoms with Crippen LogP contribution in [0.25, 0.3) is 11.0 Å². The van der Waals surface area contributed by atoms with Gasteiger partial charge in [0.2, 0.25) is 5.43 Å². The maximum atomic E-state index is 12.3. The number of phenols is 1. The van der Waals surface area contributed by atoms with Gasteiger partial charge in [-0.15, -0.1) is 0 Å². The summed E-state index contributed by atoms with van der Waals surface area (Å²) in [5.41, 5.74) is 2.97. The molecule has 1 amide bonds. The second-order valence-corrected chi connectivity index (χ2v) is 4.77. The highest BCUT2D eigenvalue weighted by Crippen LogP contribution is 2.17. The van der Waals surface area contributed by atoms with Crippen molar-refractivity contribution in [1.29, 1.82) is 0 Å². The Morgan fingerprint density at radius 2 is 1.96 bits per heavy atom. The third kappa shape index (κ3) is 3.11. The number of phenolic OH excluding ortho intramolecular Hbond substituents is 1. The zero-order valence-electron chi connectivity index (χ0n) is 11.9. The van der Waals surface area contributed by atoms with E-state index in [0.717, 1.165) is 0 Å². The Hall–Kier alpha value is -3.41. The lowest BCUT2D eigenvalue weighted by Gasteiger charge is -2.00. The molecule has 1 aromatic heterocycles. The number of fused-ring (bicyclic) bond motifs is 1. The molecule has 0 aliphatic heterocycles. The van der Waals surface area contributed by atoms with Gasteiger partial charge in [-0.2, -0.15) is 5.10 Å². The largest absolute Gasteiger partial charge is 0.508 e. The van der Waals surface area contributed by atoms with Crippen molar-refractivity contribution in [3.8, 4) is 5.75 Å². The number of hydrazone groups is 1. The Morgan fingerprint density at radius 1 is 1.17 bits per heavy atom. The molecular weight excluding hydrogens is 296 g/mol. The molecule has 0 saturated heterocycles. The molecule has 0 atom stereocenters. The predicted molar refractivity (Wildman–Crippen MR) is 85.7 cm³/mol. The predicted octanol–water partition coefficient (Wildman–Crippen LogP) is 2.26. The molecule has 0 fully saturated rings. The van der Waals surface area contributed by atoms with Crippen molar-refractivity contribution >= 4 is 23.1 Å². The zero-order chi connectivity index (χ0) is 16.2. The van der Waals surface area contributed by atoms with E-state index in [9.17, 15) is 14.7 Å². The Labute approximate surface area is 130 Å². The van der Waals surface area contributed by atoms with Crippen molar-refractivity contribution in [3.05, 3.63) is 76.1 Å². The van der Waals surface area contributed by atoms with E-state index in [1.54, 1.807) is 30.3 Å². The first-order valence-electron chi connectivity index (χ1n) is 6.78. The molecule has 23 heavy (non-hydrogen) atoms. The first kappa shape index (κ1) is 14.5. The molecule has 1 heterocycles. The van der Waals surface area contributed by atoms with Crippen LogP contribution >= 0.6 is 0 Å². The molecule has 0 unspecified atom stereocenters. The number of carbonyl (C=O) groups is 1. The highest BCUT2D eigenvalue weighted by Gasteiger charge is 2.07. The highest BCUT2D eigenvalue weighted by atomic mass is 16.3. The number of rotatable bonds is 3. The average Bonchev–Trinajstić information content (AvgIpc) is 2.58. The first-order chi connectivity index (χ1) is 11.1. The Kier molecular flexibility index (Phi) is 3.88. The van der Waals surface area contributed by atoms with Crippen molar-refractivity contribution < 1.29 is 14.3 Å². The summed E-state index contributed by atoms with van der Waals surface area (Å²) in [6.45, 7) is 0. The van der Waals surface area contributed by atoms with Gasteiger partial charge in [0.15, 0.2) is 0 Å². The van der Waals surface area contributed by atoms with Gasteiger partial charge >= 0.3 is 0 Å². The summed E-state index contributed by atoms with van der Waals surface area (Å²) in [6, 6.07) is 12.8. The normalized spacial score (nSPS) is 11.0. The fraction of sp³-hybridized carbons (Fsp3) is 0. The standard InChI is InChI=1S/C17H12N2O4/c20-13-6-7-15-14(8-13)16(21)12(10-23-15)9-18-19-17(22)11-4-2-1-3-5-11/h1-10,20H,(H,19,22)/b18-9+. The van der Waals surface area contributed by atoms with E-state index in [4.69, 9.17) is 4.42 Å². The summed E-state index contributed by atoms with van der Waals surface area (Å²) in [5, 5.41) is 13.4. The monoisotopic (exact) mass is 308 g/mol. The quantitative estimate of drug-likeness (QED) is 0.573. The van der Waals surface area contributed by atoms with Gasteiger partial charge in [0, 0.05) is 5.56 Å². The molecule has 0 saturated carbocycles. The second kappa shape index (κ2) is 6.15. The van der Waals surface area contributed by atoms with Crippen LogP contribution in [-0.2, 0) is 0 Å². The minimum atomic E-state index is -0.385. The Balaban J connectivity index is 1.83. The lowest BCUT2D eigenvalue weighted by Crippen LogP contribution is -2.18. The van der Waals surface area contributed by atoms with Crippen molar-refractivity contribution in [2.45, 2.75) is 0 Å². The Bertz CT molecular complexity index is 946. The number of nitrogens with zero attached hydrogens (tertiary/aromatic N) is 1. The average molecular weight is 308 g/mol. The third-order valence-electron chi connectivity index (χ3n) is 3.19. The topological polar surface area (TPSA) is 91.9 Å². The van der Waals surface area contributed by atoms with Crippen LogP contribution < -0.4 is 10.9 Å². The van der Waals surface area contributed by atoms with Crippen molar-refractivity contribution in [2.75, 3.05) is 0 Å². The number of nitrogens with one attached hydrogen (secondary N) is 1. The van der Waals surface area contributed by atoms with E-state index in [0.29, 0.717) is 11.1 Å². The van der Waals surface area contributed by atoms with Gasteiger partial charge < -0.3 is 9.52 Å². The smallest absolute Gasteiger partial charge is 0.271 e. The summed E-state index contributed by atoms with van der Waals surface area (Å²) in [5.74, 6) is -0.416. The van der Waals surface area contributed by atoms with Gasteiger partial charge in [0.05, 0.1) is 17.2 Å². The molecule has 3 aromatic rings. The summed E-state index contributed by atoms with van der Waals surface area (Å²) >= 11 is 0. The van der Waals surface area contributed by atoms with Crippen LogP contribution in [-0.4, -0.2) is 17.2 Å². The molecule has 114 valence electrons. The number of hydrogen-bond acceptors (Lipinski definition) is 5. The third-order valence-corrected chi connectivity index (χ3v) is 3.19. The van der Waals surface area contributed by atoms with E-state index < -0.39 is 0 Å². The molecule has 6 heteroatoms. The van der Waals surface area contributed by atoms with E-state index in [1.807, 2.05) is 0 Å². The minimum Gasteiger partial charge on any atom is -0.508 e. The molecule has 2 N–H and O–H groups in total. The molecule has 3 rings (SSSR count). The molecule has 0 aliphatic rings. The maximum absolute atomic E-state index is 12.3. The molecule has 0 spiro atoms. The lowest BCUT2D eigenvalue weighted by molar-refractivity contribution is 0.0955. The molecule has 2 aromatic carbocycles. The van der Waals surface area contributed by atoms with Gasteiger partial charge in [-0.1, -0.05) is 18.2 Å². The van der Waals surface area contributed by atoms with Gasteiger partial charge in [-0.05, 0) is 30.3 Å². The summed E-state index contributed by atoms with van der Waals surface area (Å²) in [4.78, 5) is 24.1. The van der Waals surface area contributed by atoms with E-state index >= 15 is 0 Å². The summed E-state index contributed by atoms with van der Waals surface area (Å²) < 4.78 is 5.31. The zero-order valence-corrected chi connectivity index (χ0v) is 11.9. The molecule has 0 bridgehead atoms. The summed E-state index contributed by atoms with van der Waals surface area (Å²) in [7, 11) is 0. The highest BCUT2D eigenvalue weighted by molar-refractivity contribution is 5.95. The SMILES string of the molecule is O=C(N/N=C/c1coc2ccc(O)cc2c1=O)c1ccccc1. The van der Waals surface area contributed by atoms with Gasteiger partial charge in [0.25, 0.3) is 5.91 Å². The van der Waals surface area contributed by atoms with Gasteiger partial charge in [-0.25, -0.2) is 5.43 Å². The van der Waals surface area contributed by atoms with Gasteiger partial charge in [-0.3, -0.25) is 9.59 Å². The first-order valence-corrected chi connectivity index (χ1v) is 6.78. The van der Waals surface area contributed by atoms with Gasteiger partial charge in [0.1, 0.15) is 17.6 Å². The van der Waals surface area contributed by atoms with Crippen LogP contribution in [0, 0.1) is 0 Å². The minimum absolute atomic E-state index is 0.0312. The number of amides is 1. The maximum Gasteiger partial charge on any atom is 0.271 e. The van der Waals surface area contributed by atoms with Crippen LogP contribution in [0.1, 0.15) is 15.9 Å². The van der Waals surface area contributed by atoms with Crippen LogP contribution in [0.15, 0.2) is 69.1 Å². The van der Waals surface area contributed by atoms with Crippen molar-refractivity contribution in [1.82, 2.24) is 5.43 Å². The lowest BCUT2D eigenvalue weighted by atomic mass is 10.2. The van der Waals surface area contributed by atoms with E-state index in [1.165, 1.54) is 30.7 Å². The van der Waals surface area contributed by atoms with Crippen LogP contribution in [0.5, 0.6) is 5.75 Å². The van der Waals surface area contributed by atoms with Crippen LogP contribution in [0.3, 0.4) is 0 Å². The van der Waals surface area contributed by atoms with E-state index in [2.05, 4.69) is 10.5 Å². The number of carbonyl (C=O) groups excluding carboxylic acids is 1. The van der Waals surface area contributed by atoms with Crippen molar-refractivity contribution in [2.24, 2.45) is 5.10 Å². The van der Waals surface area contributed by atoms with Crippen LogP contribution in [0.2, 0.25) is 0 Å².